The average Bonchev–Trinajstić information content (AvgIpc) is 2.75. The smallest absolute Gasteiger partial charge is 0.243 e. The molecule has 2 aromatic rings. The van der Waals surface area contributed by atoms with Crippen LogP contribution in [0.4, 0.5) is 0 Å². The number of rotatable bonds is 7. The van der Waals surface area contributed by atoms with Crippen LogP contribution in [0, 0.1) is 12.8 Å². The van der Waals surface area contributed by atoms with Gasteiger partial charge in [0.2, 0.25) is 21.8 Å². The summed E-state index contributed by atoms with van der Waals surface area (Å²) in [4.78, 5) is 26.0. The van der Waals surface area contributed by atoms with Crippen LogP contribution in [-0.4, -0.2) is 49.1 Å². The van der Waals surface area contributed by atoms with E-state index in [4.69, 9.17) is 5.73 Å². The molecule has 2 N–H and O–H groups in total. The summed E-state index contributed by atoms with van der Waals surface area (Å²) in [5.41, 5.74) is 7.24. The number of nitrogens with two attached hydrogens (primary N) is 1. The van der Waals surface area contributed by atoms with Crippen LogP contribution >= 0.6 is 0 Å². The van der Waals surface area contributed by atoms with Crippen LogP contribution in [0.1, 0.15) is 24.0 Å². The van der Waals surface area contributed by atoms with Gasteiger partial charge in [0.1, 0.15) is 0 Å². The van der Waals surface area contributed by atoms with Crippen LogP contribution in [0.25, 0.3) is 0 Å². The van der Waals surface area contributed by atoms with Crippen molar-refractivity contribution >= 4 is 21.8 Å². The van der Waals surface area contributed by atoms with Gasteiger partial charge in [0.25, 0.3) is 0 Å². The maximum Gasteiger partial charge on any atom is 0.243 e. The van der Waals surface area contributed by atoms with Crippen molar-refractivity contribution in [3.8, 4) is 0 Å². The number of carbonyl (C=O) groups excluding carboxylic acids is 2. The van der Waals surface area contributed by atoms with E-state index in [1.165, 1.54) is 16.4 Å². The second-order valence-corrected chi connectivity index (χ2v) is 9.57. The van der Waals surface area contributed by atoms with Gasteiger partial charge in [-0.2, -0.15) is 4.31 Å². The Labute approximate surface area is 177 Å². The Balaban J connectivity index is 1.80. The largest absolute Gasteiger partial charge is 0.369 e. The number of carbonyl (C=O) groups is 2. The fourth-order valence-electron chi connectivity index (χ4n) is 3.53. The van der Waals surface area contributed by atoms with E-state index in [1.807, 2.05) is 31.2 Å². The first-order valence-electron chi connectivity index (χ1n) is 9.95. The van der Waals surface area contributed by atoms with Crippen molar-refractivity contribution in [1.82, 2.24) is 9.21 Å². The number of piperidine rings is 1. The normalized spacial score (nSPS) is 15.3. The Kier molecular flexibility index (Phi) is 6.89. The Hall–Kier alpha value is -2.71. The van der Waals surface area contributed by atoms with Crippen molar-refractivity contribution in [2.24, 2.45) is 11.7 Å². The van der Waals surface area contributed by atoms with Crippen molar-refractivity contribution in [2.75, 3.05) is 19.6 Å². The molecule has 0 radical (unpaired) electrons. The molecule has 3 rings (SSSR count). The van der Waals surface area contributed by atoms with Gasteiger partial charge in [0, 0.05) is 25.6 Å². The summed E-state index contributed by atoms with van der Waals surface area (Å²) < 4.78 is 27.7. The Morgan fingerprint density at radius 3 is 2.20 bits per heavy atom. The molecule has 30 heavy (non-hydrogen) atoms. The van der Waals surface area contributed by atoms with Crippen LogP contribution < -0.4 is 5.73 Å². The van der Waals surface area contributed by atoms with Gasteiger partial charge in [-0.1, -0.05) is 48.0 Å². The molecule has 0 spiro atoms. The standard InChI is InChI=1S/C22H27N3O4S/c1-17-7-9-18(10-8-17)15-25(30(28,29)20-5-3-2-4-6-20)16-21(26)24-13-11-19(12-14-24)22(23)27/h2-10,19H,11-16H2,1H3,(H2,23,27). The number of benzene rings is 2. The topological polar surface area (TPSA) is 101 Å². The summed E-state index contributed by atoms with van der Waals surface area (Å²) in [6, 6.07) is 15.7. The third kappa shape index (κ3) is 5.25. The molecule has 0 bridgehead atoms. The van der Waals surface area contributed by atoms with Gasteiger partial charge in [-0.25, -0.2) is 8.42 Å². The lowest BCUT2D eigenvalue weighted by molar-refractivity contribution is -0.135. The predicted octanol–water partition coefficient (Wildman–Crippen LogP) is 1.91. The van der Waals surface area contributed by atoms with Gasteiger partial charge in [-0.05, 0) is 37.5 Å². The van der Waals surface area contributed by atoms with E-state index < -0.39 is 10.0 Å². The van der Waals surface area contributed by atoms with Gasteiger partial charge >= 0.3 is 0 Å². The molecule has 8 heteroatoms. The monoisotopic (exact) mass is 429 g/mol. The molecule has 7 nitrogen and oxygen atoms in total. The molecule has 1 aliphatic heterocycles. The first-order chi connectivity index (χ1) is 14.3. The van der Waals surface area contributed by atoms with E-state index >= 15 is 0 Å². The lowest BCUT2D eigenvalue weighted by atomic mass is 9.96. The number of hydrogen-bond donors (Lipinski definition) is 1. The first-order valence-corrected chi connectivity index (χ1v) is 11.4. The lowest BCUT2D eigenvalue weighted by Gasteiger charge is -2.32. The molecular formula is C22H27N3O4S. The summed E-state index contributed by atoms with van der Waals surface area (Å²) in [5, 5.41) is 0. The number of sulfonamides is 1. The number of aryl methyl sites for hydroxylation is 1. The maximum absolute atomic E-state index is 13.3. The summed E-state index contributed by atoms with van der Waals surface area (Å²) in [5.74, 6) is -0.856. The molecule has 0 atom stereocenters. The molecule has 0 aromatic heterocycles. The van der Waals surface area contributed by atoms with Crippen molar-refractivity contribution in [3.05, 3.63) is 65.7 Å². The van der Waals surface area contributed by atoms with Crippen LogP contribution in [0.15, 0.2) is 59.5 Å². The highest BCUT2D eigenvalue weighted by molar-refractivity contribution is 7.89. The summed E-state index contributed by atoms with van der Waals surface area (Å²) in [7, 11) is -3.86. The quantitative estimate of drug-likeness (QED) is 0.726. The van der Waals surface area contributed by atoms with Crippen LogP contribution in [0.2, 0.25) is 0 Å². The minimum atomic E-state index is -3.86. The number of hydrogen-bond acceptors (Lipinski definition) is 4. The molecule has 2 amide bonds. The Morgan fingerprint density at radius 1 is 1.03 bits per heavy atom. The van der Waals surface area contributed by atoms with E-state index in [9.17, 15) is 18.0 Å². The minimum absolute atomic E-state index is 0.0982. The molecule has 0 aliphatic carbocycles. The fourth-order valence-corrected chi connectivity index (χ4v) is 4.93. The molecule has 1 aliphatic rings. The highest BCUT2D eigenvalue weighted by Crippen LogP contribution is 2.21. The first kappa shape index (κ1) is 22.0. The Morgan fingerprint density at radius 2 is 1.63 bits per heavy atom. The van der Waals surface area contributed by atoms with Gasteiger partial charge in [-0.3, -0.25) is 9.59 Å². The van der Waals surface area contributed by atoms with E-state index in [0.29, 0.717) is 25.9 Å². The van der Waals surface area contributed by atoms with Crippen LogP contribution in [0.3, 0.4) is 0 Å². The third-order valence-electron chi connectivity index (χ3n) is 5.42. The molecule has 0 saturated carbocycles. The van der Waals surface area contributed by atoms with Crippen molar-refractivity contribution in [2.45, 2.75) is 31.2 Å². The predicted molar refractivity (Wildman–Crippen MR) is 114 cm³/mol. The highest BCUT2D eigenvalue weighted by Gasteiger charge is 2.31. The maximum atomic E-state index is 13.3. The molecule has 1 heterocycles. The third-order valence-corrected chi connectivity index (χ3v) is 7.23. The summed E-state index contributed by atoms with van der Waals surface area (Å²) in [6.45, 7) is 2.60. The number of nitrogens with zero attached hydrogens (tertiary/aromatic N) is 2. The molecule has 2 aromatic carbocycles. The van der Waals surface area contributed by atoms with E-state index in [1.54, 1.807) is 23.1 Å². The molecular weight excluding hydrogens is 402 g/mol. The number of amides is 2. The van der Waals surface area contributed by atoms with Gasteiger partial charge in [-0.15, -0.1) is 0 Å². The lowest BCUT2D eigenvalue weighted by Crippen LogP contribution is -2.46. The average molecular weight is 430 g/mol. The molecule has 160 valence electrons. The van der Waals surface area contributed by atoms with Gasteiger partial charge in [0.15, 0.2) is 0 Å². The zero-order valence-corrected chi connectivity index (χ0v) is 17.8. The molecule has 0 unspecified atom stereocenters. The van der Waals surface area contributed by atoms with Gasteiger partial charge in [0.05, 0.1) is 11.4 Å². The second kappa shape index (κ2) is 9.40. The summed E-state index contributed by atoms with van der Waals surface area (Å²) >= 11 is 0. The molecule has 1 fully saturated rings. The zero-order valence-electron chi connectivity index (χ0n) is 17.0. The van der Waals surface area contributed by atoms with Crippen LogP contribution in [-0.2, 0) is 26.2 Å². The zero-order chi connectivity index (χ0) is 21.7. The van der Waals surface area contributed by atoms with Gasteiger partial charge < -0.3 is 10.6 Å². The second-order valence-electron chi connectivity index (χ2n) is 7.63. The van der Waals surface area contributed by atoms with Crippen molar-refractivity contribution in [3.63, 3.8) is 0 Å². The highest BCUT2D eigenvalue weighted by atomic mass is 32.2. The van der Waals surface area contributed by atoms with Crippen molar-refractivity contribution < 1.29 is 18.0 Å². The molecule has 1 saturated heterocycles. The minimum Gasteiger partial charge on any atom is -0.369 e. The van der Waals surface area contributed by atoms with E-state index in [0.717, 1.165) is 11.1 Å². The van der Waals surface area contributed by atoms with Crippen LogP contribution in [0.5, 0.6) is 0 Å². The SMILES string of the molecule is Cc1ccc(CN(CC(=O)N2CCC(C(N)=O)CC2)S(=O)(=O)c2ccccc2)cc1. The van der Waals surface area contributed by atoms with E-state index in [2.05, 4.69) is 0 Å². The van der Waals surface area contributed by atoms with E-state index in [-0.39, 0.29) is 35.7 Å². The fraction of sp³-hybridized carbons (Fsp3) is 0.364. The number of primary amides is 1. The summed E-state index contributed by atoms with van der Waals surface area (Å²) in [6.07, 6.45) is 1.01. The number of likely N-dealkylation sites (tertiary alicyclic amines) is 1. The van der Waals surface area contributed by atoms with Crippen molar-refractivity contribution in [1.29, 1.82) is 0 Å². The Bertz CT molecular complexity index is 983.